The molecule has 0 atom stereocenters. The number of benzene rings is 3. The third kappa shape index (κ3) is 2.32. The molecule has 2 N–H and O–H groups in total. The fourth-order valence-electron chi connectivity index (χ4n) is 2.86. The molecule has 0 bridgehead atoms. The maximum atomic E-state index is 10.9. The zero-order valence-corrected chi connectivity index (χ0v) is 12.6. The molecule has 0 aliphatic heterocycles. The van der Waals surface area contributed by atoms with Gasteiger partial charge in [-0.15, -0.1) is 0 Å². The van der Waals surface area contributed by atoms with E-state index >= 15 is 0 Å². The first-order chi connectivity index (χ1) is 11.6. The fraction of sp³-hybridized carbons (Fsp3) is 0. The molecular weight excluding hydrogens is 302 g/mol. The van der Waals surface area contributed by atoms with Crippen LogP contribution < -0.4 is 5.73 Å². The molecule has 0 unspecified atom stereocenters. The van der Waals surface area contributed by atoms with Crippen LogP contribution in [0.5, 0.6) is 0 Å². The van der Waals surface area contributed by atoms with Gasteiger partial charge in [-0.3, -0.25) is 15.1 Å². The number of nitrogens with zero attached hydrogens (tertiary/aromatic N) is 2. The number of nitro groups is 1. The normalized spacial score (nSPS) is 11.0. The van der Waals surface area contributed by atoms with E-state index in [-0.39, 0.29) is 5.69 Å². The number of pyridine rings is 1. The van der Waals surface area contributed by atoms with Crippen LogP contribution in [0, 0.1) is 10.1 Å². The molecule has 4 aromatic rings. The van der Waals surface area contributed by atoms with Crippen molar-refractivity contribution in [3.05, 3.63) is 77.0 Å². The highest BCUT2D eigenvalue weighted by Crippen LogP contribution is 2.30. The molecule has 5 nitrogen and oxygen atoms in total. The number of non-ortho nitro benzene ring substituents is 1. The smallest absolute Gasteiger partial charge is 0.271 e. The number of aromatic nitrogens is 1. The van der Waals surface area contributed by atoms with Crippen molar-refractivity contribution in [1.29, 1.82) is 0 Å². The van der Waals surface area contributed by atoms with E-state index in [1.54, 1.807) is 12.3 Å². The zero-order chi connectivity index (χ0) is 16.7. The summed E-state index contributed by atoms with van der Waals surface area (Å²) < 4.78 is 0. The second-order valence-electron chi connectivity index (χ2n) is 5.64. The van der Waals surface area contributed by atoms with E-state index in [1.165, 1.54) is 12.1 Å². The van der Waals surface area contributed by atoms with Crippen LogP contribution in [0.1, 0.15) is 0 Å². The zero-order valence-electron chi connectivity index (χ0n) is 12.6. The maximum absolute atomic E-state index is 10.9. The van der Waals surface area contributed by atoms with Crippen molar-refractivity contribution in [2.45, 2.75) is 0 Å². The molecule has 0 aliphatic rings. The van der Waals surface area contributed by atoms with E-state index in [4.69, 9.17) is 5.73 Å². The lowest BCUT2D eigenvalue weighted by molar-refractivity contribution is -0.384. The molecule has 0 spiro atoms. The van der Waals surface area contributed by atoms with Gasteiger partial charge >= 0.3 is 0 Å². The number of nitro benzene ring substituents is 1. The second kappa shape index (κ2) is 5.31. The predicted molar refractivity (Wildman–Crippen MR) is 95.8 cm³/mol. The summed E-state index contributed by atoms with van der Waals surface area (Å²) >= 11 is 0. The van der Waals surface area contributed by atoms with Crippen LogP contribution in [-0.2, 0) is 0 Å². The molecule has 1 heterocycles. The van der Waals surface area contributed by atoms with Gasteiger partial charge < -0.3 is 5.73 Å². The average Bonchev–Trinajstić information content (AvgIpc) is 2.61. The summed E-state index contributed by atoms with van der Waals surface area (Å²) in [7, 11) is 0. The molecule has 0 saturated carbocycles. The third-order valence-electron chi connectivity index (χ3n) is 4.12. The minimum absolute atomic E-state index is 0.0454. The van der Waals surface area contributed by atoms with Crippen LogP contribution in [0.4, 0.5) is 11.4 Å². The van der Waals surface area contributed by atoms with E-state index < -0.39 is 4.92 Å². The summed E-state index contributed by atoms with van der Waals surface area (Å²) in [5, 5.41) is 13.9. The van der Waals surface area contributed by atoms with E-state index in [0.717, 1.165) is 33.0 Å². The van der Waals surface area contributed by atoms with Gasteiger partial charge in [0.15, 0.2) is 0 Å². The molecule has 0 saturated heterocycles. The number of nitrogens with two attached hydrogens (primary N) is 1. The molecule has 0 fully saturated rings. The van der Waals surface area contributed by atoms with Crippen LogP contribution in [-0.4, -0.2) is 9.91 Å². The molecule has 116 valence electrons. The first kappa shape index (κ1) is 14.1. The van der Waals surface area contributed by atoms with Gasteiger partial charge in [0.2, 0.25) is 0 Å². The van der Waals surface area contributed by atoms with Gasteiger partial charge in [0, 0.05) is 34.8 Å². The van der Waals surface area contributed by atoms with Crippen molar-refractivity contribution in [3.8, 4) is 11.1 Å². The van der Waals surface area contributed by atoms with Crippen molar-refractivity contribution in [2.24, 2.45) is 0 Å². The standard InChI is InChI=1S/C19H13N3O2/c20-15-5-3-12(4-6-15)13-1-2-14-11-21-19-10-16(22(23)24)7-8-17(19)18(14)9-13/h1-11H,20H2. The van der Waals surface area contributed by atoms with Crippen LogP contribution in [0.25, 0.3) is 32.8 Å². The number of nitrogen functional groups attached to an aromatic ring is 1. The van der Waals surface area contributed by atoms with Crippen molar-refractivity contribution in [1.82, 2.24) is 4.98 Å². The molecule has 24 heavy (non-hydrogen) atoms. The Morgan fingerprint density at radius 2 is 1.62 bits per heavy atom. The maximum Gasteiger partial charge on any atom is 0.271 e. The SMILES string of the molecule is Nc1ccc(-c2ccc3cnc4cc([N+](=O)[O-])ccc4c3c2)cc1. The van der Waals surface area contributed by atoms with Crippen LogP contribution >= 0.6 is 0 Å². The number of rotatable bonds is 2. The molecule has 5 heteroatoms. The Morgan fingerprint density at radius 1 is 0.875 bits per heavy atom. The Balaban J connectivity index is 1.95. The third-order valence-corrected chi connectivity index (χ3v) is 4.12. The molecule has 4 rings (SSSR count). The minimum Gasteiger partial charge on any atom is -0.399 e. The summed E-state index contributed by atoms with van der Waals surface area (Å²) in [6, 6.07) is 18.6. The number of fused-ring (bicyclic) bond motifs is 3. The first-order valence-corrected chi connectivity index (χ1v) is 7.45. The molecule has 3 aromatic carbocycles. The first-order valence-electron chi connectivity index (χ1n) is 7.45. The van der Waals surface area contributed by atoms with Gasteiger partial charge in [0.05, 0.1) is 10.4 Å². The van der Waals surface area contributed by atoms with Crippen LogP contribution in [0.15, 0.2) is 66.9 Å². The molecular formula is C19H13N3O2. The summed E-state index contributed by atoms with van der Waals surface area (Å²) in [6.07, 6.45) is 1.74. The number of hydrogen-bond donors (Lipinski definition) is 1. The highest BCUT2D eigenvalue weighted by Gasteiger charge is 2.10. The molecule has 1 aromatic heterocycles. The Morgan fingerprint density at radius 3 is 2.38 bits per heavy atom. The predicted octanol–water partition coefficient (Wildman–Crippen LogP) is 4.55. The Bertz CT molecular complexity index is 1090. The van der Waals surface area contributed by atoms with Gasteiger partial charge in [0.1, 0.15) is 0 Å². The summed E-state index contributed by atoms with van der Waals surface area (Å²) in [5.74, 6) is 0. The molecule has 0 amide bonds. The average molecular weight is 315 g/mol. The highest BCUT2D eigenvalue weighted by atomic mass is 16.6. The lowest BCUT2D eigenvalue weighted by Crippen LogP contribution is -1.89. The number of anilines is 1. The Kier molecular flexibility index (Phi) is 3.13. The van der Waals surface area contributed by atoms with Gasteiger partial charge in [-0.25, -0.2) is 0 Å². The van der Waals surface area contributed by atoms with E-state index in [9.17, 15) is 10.1 Å². The fourth-order valence-corrected chi connectivity index (χ4v) is 2.86. The monoisotopic (exact) mass is 315 g/mol. The van der Waals surface area contributed by atoms with Gasteiger partial charge in [0.25, 0.3) is 5.69 Å². The van der Waals surface area contributed by atoms with Crippen molar-refractivity contribution in [2.75, 3.05) is 5.73 Å². The highest BCUT2D eigenvalue weighted by molar-refractivity contribution is 6.07. The summed E-state index contributed by atoms with van der Waals surface area (Å²) in [6.45, 7) is 0. The van der Waals surface area contributed by atoms with E-state index in [1.807, 2.05) is 36.4 Å². The van der Waals surface area contributed by atoms with Crippen LogP contribution in [0.2, 0.25) is 0 Å². The van der Waals surface area contributed by atoms with Gasteiger partial charge in [-0.05, 0) is 40.8 Å². The van der Waals surface area contributed by atoms with Crippen LogP contribution in [0.3, 0.4) is 0 Å². The van der Waals surface area contributed by atoms with Crippen molar-refractivity contribution in [3.63, 3.8) is 0 Å². The topological polar surface area (TPSA) is 82.0 Å². The van der Waals surface area contributed by atoms with E-state index in [2.05, 4.69) is 11.1 Å². The summed E-state index contributed by atoms with van der Waals surface area (Å²) in [5.41, 5.74) is 9.26. The van der Waals surface area contributed by atoms with E-state index in [0.29, 0.717) is 5.52 Å². The minimum atomic E-state index is -0.407. The molecule has 0 aliphatic carbocycles. The number of hydrogen-bond acceptors (Lipinski definition) is 4. The lowest BCUT2D eigenvalue weighted by atomic mass is 9.99. The van der Waals surface area contributed by atoms with Crippen molar-refractivity contribution < 1.29 is 4.92 Å². The lowest BCUT2D eigenvalue weighted by Gasteiger charge is -2.07. The quantitative estimate of drug-likeness (QED) is 0.255. The van der Waals surface area contributed by atoms with Gasteiger partial charge in [-0.1, -0.05) is 24.3 Å². The second-order valence-corrected chi connectivity index (χ2v) is 5.64. The molecule has 0 radical (unpaired) electrons. The summed E-state index contributed by atoms with van der Waals surface area (Å²) in [4.78, 5) is 14.9. The van der Waals surface area contributed by atoms with Crippen molar-refractivity contribution >= 4 is 33.1 Å². The largest absolute Gasteiger partial charge is 0.399 e. The van der Waals surface area contributed by atoms with Gasteiger partial charge in [-0.2, -0.15) is 0 Å². The Hall–Kier alpha value is -3.47. The Labute approximate surface area is 137 Å².